The lowest BCUT2D eigenvalue weighted by Gasteiger charge is -2.05. The summed E-state index contributed by atoms with van der Waals surface area (Å²) in [5, 5.41) is 7.38. The van der Waals surface area contributed by atoms with E-state index in [1.165, 1.54) is 12.8 Å². The first-order valence-corrected chi connectivity index (χ1v) is 6.90. The fourth-order valence-corrected chi connectivity index (χ4v) is 2.01. The highest BCUT2D eigenvalue weighted by Gasteiger charge is 2.29. The van der Waals surface area contributed by atoms with Crippen LogP contribution in [0, 0.1) is 0 Å². The molecule has 102 valence electrons. The van der Waals surface area contributed by atoms with Crippen molar-refractivity contribution in [1.82, 2.24) is 25.0 Å². The molecular formula is C13H19N5O. The molecule has 2 aromatic heterocycles. The van der Waals surface area contributed by atoms with Gasteiger partial charge in [0.15, 0.2) is 5.82 Å². The number of hydrogen-bond acceptors (Lipinski definition) is 5. The smallest absolute Gasteiger partial charge is 0.229 e. The lowest BCUT2D eigenvalue weighted by molar-refractivity contribution is 0.372. The first kappa shape index (κ1) is 12.3. The summed E-state index contributed by atoms with van der Waals surface area (Å²) in [6.07, 6.45) is 7.25. The molecule has 6 heteroatoms. The van der Waals surface area contributed by atoms with Gasteiger partial charge in [-0.05, 0) is 25.8 Å². The Kier molecular flexibility index (Phi) is 3.59. The molecule has 0 radical (unpaired) electrons. The summed E-state index contributed by atoms with van der Waals surface area (Å²) < 4.78 is 7.32. The van der Waals surface area contributed by atoms with Gasteiger partial charge in [-0.2, -0.15) is 4.98 Å². The molecule has 1 aliphatic rings. The second kappa shape index (κ2) is 5.52. The van der Waals surface area contributed by atoms with Crippen molar-refractivity contribution in [2.24, 2.45) is 0 Å². The van der Waals surface area contributed by atoms with Gasteiger partial charge in [0.05, 0.1) is 13.1 Å². The lowest BCUT2D eigenvalue weighted by Crippen LogP contribution is -2.18. The summed E-state index contributed by atoms with van der Waals surface area (Å²) in [5.41, 5.74) is 0. The van der Waals surface area contributed by atoms with Crippen LogP contribution < -0.4 is 5.32 Å². The third-order valence-electron chi connectivity index (χ3n) is 3.23. The highest BCUT2D eigenvalue weighted by molar-refractivity contribution is 5.03. The van der Waals surface area contributed by atoms with Gasteiger partial charge in [-0.1, -0.05) is 12.1 Å². The molecule has 3 rings (SSSR count). The average molecular weight is 261 g/mol. The summed E-state index contributed by atoms with van der Waals surface area (Å²) in [4.78, 5) is 8.79. The predicted octanol–water partition coefficient (Wildman–Crippen LogP) is 1.69. The second-order valence-electron chi connectivity index (χ2n) is 4.97. The van der Waals surface area contributed by atoms with E-state index in [-0.39, 0.29) is 0 Å². The number of rotatable bonds is 7. The molecule has 0 atom stereocenters. The molecule has 2 aromatic rings. The molecule has 1 saturated carbocycles. The van der Waals surface area contributed by atoms with Crippen LogP contribution in [-0.4, -0.2) is 26.2 Å². The number of nitrogens with zero attached hydrogens (tertiary/aromatic N) is 4. The largest absolute Gasteiger partial charge is 0.339 e. The van der Waals surface area contributed by atoms with Crippen molar-refractivity contribution in [3.05, 3.63) is 29.9 Å². The first-order valence-electron chi connectivity index (χ1n) is 6.90. The standard InChI is InChI=1S/C13H19N5O/c1-2-5-14-8-12-15-6-7-18(12)9-11-16-13(19-17-11)10-3-4-10/h6-7,10,14H,2-5,8-9H2,1H3. The van der Waals surface area contributed by atoms with Gasteiger partial charge < -0.3 is 14.4 Å². The van der Waals surface area contributed by atoms with E-state index in [1.54, 1.807) is 0 Å². The van der Waals surface area contributed by atoms with Gasteiger partial charge in [-0.3, -0.25) is 0 Å². The van der Waals surface area contributed by atoms with Gasteiger partial charge in [0.1, 0.15) is 5.82 Å². The van der Waals surface area contributed by atoms with Gasteiger partial charge >= 0.3 is 0 Å². The van der Waals surface area contributed by atoms with E-state index < -0.39 is 0 Å². The third kappa shape index (κ3) is 3.01. The highest BCUT2D eigenvalue weighted by atomic mass is 16.5. The van der Waals surface area contributed by atoms with Crippen molar-refractivity contribution in [2.45, 2.75) is 45.2 Å². The van der Waals surface area contributed by atoms with Crippen molar-refractivity contribution in [1.29, 1.82) is 0 Å². The minimum Gasteiger partial charge on any atom is -0.339 e. The Hall–Kier alpha value is -1.69. The van der Waals surface area contributed by atoms with Crippen LogP contribution in [0.5, 0.6) is 0 Å². The van der Waals surface area contributed by atoms with Gasteiger partial charge in [-0.25, -0.2) is 4.98 Å². The summed E-state index contributed by atoms with van der Waals surface area (Å²) in [6.45, 7) is 4.55. The molecule has 1 fully saturated rings. The summed E-state index contributed by atoms with van der Waals surface area (Å²) >= 11 is 0. The number of aromatic nitrogens is 4. The van der Waals surface area contributed by atoms with E-state index in [0.717, 1.165) is 37.0 Å². The quantitative estimate of drug-likeness (QED) is 0.768. The fourth-order valence-electron chi connectivity index (χ4n) is 2.01. The van der Waals surface area contributed by atoms with E-state index in [2.05, 4.69) is 31.9 Å². The number of nitrogens with one attached hydrogen (secondary N) is 1. The zero-order valence-corrected chi connectivity index (χ0v) is 11.2. The Morgan fingerprint density at radius 2 is 2.37 bits per heavy atom. The summed E-state index contributed by atoms with van der Waals surface area (Å²) in [7, 11) is 0. The van der Waals surface area contributed by atoms with Crippen LogP contribution in [0.1, 0.15) is 49.6 Å². The van der Waals surface area contributed by atoms with Crippen molar-refractivity contribution >= 4 is 0 Å². The SMILES string of the molecule is CCCNCc1nccn1Cc1noc(C2CC2)n1. The molecule has 0 amide bonds. The van der Waals surface area contributed by atoms with Crippen molar-refractivity contribution in [2.75, 3.05) is 6.54 Å². The third-order valence-corrected chi connectivity index (χ3v) is 3.23. The van der Waals surface area contributed by atoms with Crippen molar-refractivity contribution < 1.29 is 4.52 Å². The minimum atomic E-state index is 0.509. The molecule has 0 bridgehead atoms. The minimum absolute atomic E-state index is 0.509. The zero-order valence-electron chi connectivity index (χ0n) is 11.2. The molecule has 6 nitrogen and oxygen atoms in total. The normalized spacial score (nSPS) is 15.0. The average Bonchev–Trinajstić information content (AvgIpc) is 3.01. The Balaban J connectivity index is 1.63. The van der Waals surface area contributed by atoms with Crippen LogP contribution in [0.3, 0.4) is 0 Å². The van der Waals surface area contributed by atoms with Gasteiger partial charge in [0.25, 0.3) is 0 Å². The van der Waals surface area contributed by atoms with Crippen LogP contribution in [0.2, 0.25) is 0 Å². The Morgan fingerprint density at radius 1 is 1.47 bits per heavy atom. The summed E-state index contributed by atoms with van der Waals surface area (Å²) in [5.74, 6) is 3.04. The molecule has 1 aliphatic carbocycles. The van der Waals surface area contributed by atoms with Gasteiger partial charge in [-0.15, -0.1) is 0 Å². The van der Waals surface area contributed by atoms with Crippen LogP contribution in [0.25, 0.3) is 0 Å². The fraction of sp³-hybridized carbons (Fsp3) is 0.615. The molecule has 0 spiro atoms. The molecule has 2 heterocycles. The molecule has 0 aliphatic heterocycles. The molecular weight excluding hydrogens is 242 g/mol. The Morgan fingerprint density at radius 3 is 3.16 bits per heavy atom. The van der Waals surface area contributed by atoms with Crippen LogP contribution in [0.15, 0.2) is 16.9 Å². The maximum atomic E-state index is 5.27. The van der Waals surface area contributed by atoms with E-state index in [0.29, 0.717) is 12.5 Å². The van der Waals surface area contributed by atoms with Crippen LogP contribution >= 0.6 is 0 Å². The molecule has 1 N–H and O–H groups in total. The predicted molar refractivity (Wildman–Crippen MR) is 69.6 cm³/mol. The molecule has 0 aromatic carbocycles. The Bertz CT molecular complexity index is 529. The summed E-state index contributed by atoms with van der Waals surface area (Å²) in [6, 6.07) is 0. The van der Waals surface area contributed by atoms with Crippen LogP contribution in [-0.2, 0) is 13.1 Å². The molecule has 19 heavy (non-hydrogen) atoms. The molecule has 0 unspecified atom stereocenters. The van der Waals surface area contributed by atoms with Gasteiger partial charge in [0, 0.05) is 18.3 Å². The first-order chi connectivity index (χ1) is 9.36. The van der Waals surface area contributed by atoms with Gasteiger partial charge in [0.2, 0.25) is 5.89 Å². The topological polar surface area (TPSA) is 68.8 Å². The van der Waals surface area contributed by atoms with E-state index in [9.17, 15) is 0 Å². The maximum absolute atomic E-state index is 5.27. The monoisotopic (exact) mass is 261 g/mol. The second-order valence-corrected chi connectivity index (χ2v) is 4.97. The highest BCUT2D eigenvalue weighted by Crippen LogP contribution is 2.38. The van der Waals surface area contributed by atoms with E-state index >= 15 is 0 Å². The lowest BCUT2D eigenvalue weighted by atomic mass is 10.4. The van der Waals surface area contributed by atoms with Crippen molar-refractivity contribution in [3.8, 4) is 0 Å². The van der Waals surface area contributed by atoms with E-state index in [4.69, 9.17) is 4.52 Å². The maximum Gasteiger partial charge on any atom is 0.229 e. The number of hydrogen-bond donors (Lipinski definition) is 1. The van der Waals surface area contributed by atoms with Crippen molar-refractivity contribution in [3.63, 3.8) is 0 Å². The molecule has 0 saturated heterocycles. The Labute approximate surface area is 112 Å². The number of imidazole rings is 1. The zero-order chi connectivity index (χ0) is 13.1. The van der Waals surface area contributed by atoms with E-state index in [1.807, 2.05) is 12.4 Å². The van der Waals surface area contributed by atoms with Crippen LogP contribution in [0.4, 0.5) is 0 Å².